The van der Waals surface area contributed by atoms with Crippen molar-refractivity contribution in [2.75, 3.05) is 7.11 Å². The smallest absolute Gasteiger partial charge is 0.333 e. The Morgan fingerprint density at radius 2 is 1.93 bits per heavy atom. The summed E-state index contributed by atoms with van der Waals surface area (Å²) in [6.07, 6.45) is -0.780. The van der Waals surface area contributed by atoms with Gasteiger partial charge >= 0.3 is 5.97 Å². The molecule has 0 saturated carbocycles. The minimum absolute atomic E-state index is 0.140. The number of aliphatic carboxylic acids is 1. The van der Waals surface area contributed by atoms with E-state index in [9.17, 15) is 4.79 Å². The van der Waals surface area contributed by atoms with E-state index in [-0.39, 0.29) is 5.92 Å². The van der Waals surface area contributed by atoms with Gasteiger partial charge in [0.1, 0.15) is 0 Å². The summed E-state index contributed by atoms with van der Waals surface area (Å²) in [7, 11) is 1.41. The standard InChI is InChI=1S/C11H14O3/c1-8(10(14-2)11(12)13)9-6-4-3-5-7-9/h3-8,10H,1-2H3,(H,12,13). The van der Waals surface area contributed by atoms with Crippen molar-refractivity contribution in [2.45, 2.75) is 18.9 Å². The van der Waals surface area contributed by atoms with Crippen molar-refractivity contribution >= 4 is 5.97 Å². The first-order chi connectivity index (χ1) is 6.66. The van der Waals surface area contributed by atoms with Crippen LogP contribution in [0.25, 0.3) is 0 Å². The zero-order valence-corrected chi connectivity index (χ0v) is 8.31. The minimum atomic E-state index is -0.927. The number of hydrogen-bond donors (Lipinski definition) is 1. The van der Waals surface area contributed by atoms with Gasteiger partial charge < -0.3 is 9.84 Å². The largest absolute Gasteiger partial charge is 0.479 e. The highest BCUT2D eigenvalue weighted by Crippen LogP contribution is 2.20. The molecule has 76 valence electrons. The van der Waals surface area contributed by atoms with Gasteiger partial charge in [-0.25, -0.2) is 4.79 Å². The molecule has 2 atom stereocenters. The number of methoxy groups -OCH3 is 1. The summed E-state index contributed by atoms with van der Waals surface area (Å²) in [6.45, 7) is 1.84. The first kappa shape index (κ1) is 10.7. The van der Waals surface area contributed by atoms with Crippen molar-refractivity contribution in [1.29, 1.82) is 0 Å². The van der Waals surface area contributed by atoms with Gasteiger partial charge in [0.25, 0.3) is 0 Å². The maximum Gasteiger partial charge on any atom is 0.333 e. The van der Waals surface area contributed by atoms with Crippen molar-refractivity contribution in [3.63, 3.8) is 0 Å². The van der Waals surface area contributed by atoms with Crippen LogP contribution < -0.4 is 0 Å². The normalized spacial score (nSPS) is 14.7. The van der Waals surface area contributed by atoms with E-state index in [1.807, 2.05) is 37.3 Å². The molecule has 0 amide bonds. The maximum atomic E-state index is 10.8. The van der Waals surface area contributed by atoms with Crippen LogP contribution in [0, 0.1) is 0 Å². The molecule has 0 aliphatic heterocycles. The third-order valence-electron chi connectivity index (χ3n) is 2.28. The molecule has 0 spiro atoms. The fraction of sp³-hybridized carbons (Fsp3) is 0.364. The van der Waals surface area contributed by atoms with Gasteiger partial charge in [0.15, 0.2) is 6.10 Å². The van der Waals surface area contributed by atoms with E-state index in [1.54, 1.807) is 0 Å². The molecule has 0 aromatic heterocycles. The van der Waals surface area contributed by atoms with Crippen LogP contribution in [-0.4, -0.2) is 24.3 Å². The van der Waals surface area contributed by atoms with Crippen LogP contribution in [0.2, 0.25) is 0 Å². The van der Waals surface area contributed by atoms with Crippen LogP contribution in [0.15, 0.2) is 30.3 Å². The van der Waals surface area contributed by atoms with Crippen LogP contribution >= 0.6 is 0 Å². The quantitative estimate of drug-likeness (QED) is 0.796. The van der Waals surface area contributed by atoms with Crippen LogP contribution in [0.3, 0.4) is 0 Å². The van der Waals surface area contributed by atoms with Crippen LogP contribution in [0.1, 0.15) is 18.4 Å². The Kier molecular flexibility index (Phi) is 3.65. The van der Waals surface area contributed by atoms with E-state index in [0.29, 0.717) is 0 Å². The first-order valence-electron chi connectivity index (χ1n) is 4.47. The summed E-state index contributed by atoms with van der Waals surface area (Å²) >= 11 is 0. The fourth-order valence-electron chi connectivity index (χ4n) is 1.45. The van der Waals surface area contributed by atoms with Crippen molar-refractivity contribution < 1.29 is 14.6 Å². The molecule has 3 heteroatoms. The lowest BCUT2D eigenvalue weighted by atomic mass is 9.95. The molecule has 1 rings (SSSR count). The zero-order valence-electron chi connectivity index (χ0n) is 8.31. The Bertz CT molecular complexity index is 295. The van der Waals surface area contributed by atoms with E-state index in [0.717, 1.165) is 5.56 Å². The molecular weight excluding hydrogens is 180 g/mol. The van der Waals surface area contributed by atoms with Gasteiger partial charge in [-0.2, -0.15) is 0 Å². The number of benzene rings is 1. The second kappa shape index (κ2) is 4.77. The van der Waals surface area contributed by atoms with Crippen LogP contribution in [0.4, 0.5) is 0 Å². The third kappa shape index (κ3) is 2.33. The van der Waals surface area contributed by atoms with E-state index >= 15 is 0 Å². The van der Waals surface area contributed by atoms with Gasteiger partial charge in [-0.1, -0.05) is 37.3 Å². The number of ether oxygens (including phenoxy) is 1. The number of rotatable bonds is 4. The second-order valence-corrected chi connectivity index (χ2v) is 3.19. The third-order valence-corrected chi connectivity index (χ3v) is 2.28. The van der Waals surface area contributed by atoms with Crippen molar-refractivity contribution in [3.05, 3.63) is 35.9 Å². The lowest BCUT2D eigenvalue weighted by Gasteiger charge is -2.18. The molecule has 0 heterocycles. The molecule has 0 aliphatic rings. The van der Waals surface area contributed by atoms with E-state index in [1.165, 1.54) is 7.11 Å². The summed E-state index contributed by atoms with van der Waals surface area (Å²) in [6, 6.07) is 9.48. The first-order valence-corrected chi connectivity index (χ1v) is 4.47. The molecule has 0 bridgehead atoms. The van der Waals surface area contributed by atoms with Crippen molar-refractivity contribution in [2.24, 2.45) is 0 Å². The average Bonchev–Trinajstić information content (AvgIpc) is 2.19. The van der Waals surface area contributed by atoms with Crippen molar-refractivity contribution in [1.82, 2.24) is 0 Å². The Balaban J connectivity index is 2.83. The highest BCUT2D eigenvalue weighted by atomic mass is 16.5. The summed E-state index contributed by atoms with van der Waals surface area (Å²) in [5, 5.41) is 8.88. The summed E-state index contributed by atoms with van der Waals surface area (Å²) in [4.78, 5) is 10.8. The lowest BCUT2D eigenvalue weighted by Crippen LogP contribution is -2.28. The Morgan fingerprint density at radius 1 is 1.36 bits per heavy atom. The van der Waals surface area contributed by atoms with Gasteiger partial charge in [-0.05, 0) is 5.56 Å². The second-order valence-electron chi connectivity index (χ2n) is 3.19. The molecule has 3 nitrogen and oxygen atoms in total. The average molecular weight is 194 g/mol. The van der Waals surface area contributed by atoms with Crippen LogP contribution in [0.5, 0.6) is 0 Å². The van der Waals surface area contributed by atoms with Gasteiger partial charge in [0.2, 0.25) is 0 Å². The Hall–Kier alpha value is -1.35. The van der Waals surface area contributed by atoms with E-state index in [4.69, 9.17) is 9.84 Å². The molecule has 0 aliphatic carbocycles. The number of hydrogen-bond acceptors (Lipinski definition) is 2. The highest BCUT2D eigenvalue weighted by Gasteiger charge is 2.25. The van der Waals surface area contributed by atoms with Gasteiger partial charge in [0, 0.05) is 13.0 Å². The molecule has 1 N–H and O–H groups in total. The summed E-state index contributed by atoms with van der Waals surface area (Å²) in [5.41, 5.74) is 0.974. The highest BCUT2D eigenvalue weighted by molar-refractivity contribution is 5.73. The fourth-order valence-corrected chi connectivity index (χ4v) is 1.45. The SMILES string of the molecule is COC(C(=O)O)C(C)c1ccccc1. The topological polar surface area (TPSA) is 46.5 Å². The van der Waals surface area contributed by atoms with Crippen molar-refractivity contribution in [3.8, 4) is 0 Å². The maximum absolute atomic E-state index is 10.8. The molecule has 1 aromatic carbocycles. The monoisotopic (exact) mass is 194 g/mol. The molecule has 0 saturated heterocycles. The number of carbonyl (C=O) groups is 1. The molecule has 0 fully saturated rings. The Labute approximate surface area is 83.3 Å². The summed E-state index contributed by atoms with van der Waals surface area (Å²) < 4.78 is 4.93. The lowest BCUT2D eigenvalue weighted by molar-refractivity contribution is -0.149. The Morgan fingerprint density at radius 3 is 2.36 bits per heavy atom. The number of carboxylic acids is 1. The molecule has 1 aromatic rings. The van der Waals surface area contributed by atoms with Gasteiger partial charge in [-0.3, -0.25) is 0 Å². The molecule has 0 radical (unpaired) electrons. The number of carboxylic acid groups (broad SMARTS) is 1. The van der Waals surface area contributed by atoms with Gasteiger partial charge in [0.05, 0.1) is 0 Å². The van der Waals surface area contributed by atoms with E-state index in [2.05, 4.69) is 0 Å². The predicted molar refractivity (Wildman–Crippen MR) is 53.3 cm³/mol. The minimum Gasteiger partial charge on any atom is -0.479 e. The molecular formula is C11H14O3. The van der Waals surface area contributed by atoms with E-state index < -0.39 is 12.1 Å². The predicted octanol–water partition coefficient (Wildman–Crippen LogP) is 1.89. The summed E-state index contributed by atoms with van der Waals surface area (Å²) in [5.74, 6) is -1.07. The molecule has 2 unspecified atom stereocenters. The molecule has 14 heavy (non-hydrogen) atoms. The van der Waals surface area contributed by atoms with Crippen LogP contribution in [-0.2, 0) is 9.53 Å². The van der Waals surface area contributed by atoms with Gasteiger partial charge in [-0.15, -0.1) is 0 Å². The zero-order chi connectivity index (χ0) is 10.6.